The third kappa shape index (κ3) is 80.0. The van der Waals surface area contributed by atoms with E-state index in [0.29, 0.717) is 19.3 Å². The fourth-order valence-electron chi connectivity index (χ4n) is 10.6. The summed E-state index contributed by atoms with van der Waals surface area (Å²) in [6.45, 7) is 2.39. The van der Waals surface area contributed by atoms with E-state index in [1.54, 1.807) is 0 Å². The van der Waals surface area contributed by atoms with E-state index in [2.05, 4.69) is 179 Å². The van der Waals surface area contributed by atoms with E-state index in [0.717, 1.165) is 180 Å². The van der Waals surface area contributed by atoms with Crippen LogP contribution in [0, 0.1) is 0 Å². The minimum atomic E-state index is -4.94. The second-order valence-electron chi connectivity index (χ2n) is 26.8. The van der Waals surface area contributed by atoms with Crippen molar-refractivity contribution >= 4 is 33.6 Å². The van der Waals surface area contributed by atoms with E-state index in [1.807, 2.05) is 0 Å². The van der Waals surface area contributed by atoms with Gasteiger partial charge in [-0.25, -0.2) is 9.13 Å². The molecular formula is C87H146O16P2. The number of esters is 3. The molecule has 5 unspecified atom stereocenters. The zero-order valence-electron chi connectivity index (χ0n) is 65.6. The zero-order valence-corrected chi connectivity index (χ0v) is 67.4. The van der Waals surface area contributed by atoms with Gasteiger partial charge in [0, 0.05) is 19.3 Å². The Balaban J connectivity index is 4.44. The summed E-state index contributed by atoms with van der Waals surface area (Å²) in [6, 6.07) is 0. The zero-order chi connectivity index (χ0) is 76.6. The highest BCUT2D eigenvalue weighted by molar-refractivity contribution is 7.47. The molecule has 600 valence electrons. The average Bonchev–Trinajstić information content (AvgIpc) is 0.918. The summed E-state index contributed by atoms with van der Waals surface area (Å²) in [6.07, 6.45) is 98.8. The first kappa shape index (κ1) is 100. The van der Waals surface area contributed by atoms with Crippen molar-refractivity contribution < 1.29 is 75.8 Å². The Morgan fingerprint density at radius 3 is 0.810 bits per heavy atom. The highest BCUT2D eigenvalue weighted by Gasteiger charge is 2.29. The van der Waals surface area contributed by atoms with Gasteiger partial charge in [-0.05, 0) is 141 Å². The molecule has 18 heteroatoms. The molecule has 5 atom stereocenters. The number of allylic oxidation sites excluding steroid dienone is 26. The van der Waals surface area contributed by atoms with Crippen molar-refractivity contribution in [3.63, 3.8) is 0 Å². The summed E-state index contributed by atoms with van der Waals surface area (Å²) in [5, 5.41) is 20.6. The fourth-order valence-corrected chi connectivity index (χ4v) is 12.1. The van der Waals surface area contributed by atoms with Gasteiger partial charge < -0.3 is 34.2 Å². The van der Waals surface area contributed by atoms with E-state index < -0.39 is 91.5 Å². The van der Waals surface area contributed by atoms with Gasteiger partial charge in [0.25, 0.3) is 0 Å². The first-order valence-corrected chi connectivity index (χ1v) is 43.8. The minimum Gasteiger partial charge on any atom is -0.463 e. The smallest absolute Gasteiger partial charge is 0.463 e. The highest BCUT2D eigenvalue weighted by atomic mass is 31.2. The topological polar surface area (TPSA) is 231 Å². The van der Waals surface area contributed by atoms with Gasteiger partial charge in [-0.15, -0.1) is 0 Å². The quantitative estimate of drug-likeness (QED) is 0.0146. The van der Waals surface area contributed by atoms with Crippen LogP contribution < -0.4 is 0 Å². The van der Waals surface area contributed by atoms with Crippen LogP contribution in [0.2, 0.25) is 0 Å². The molecule has 0 aromatic carbocycles. The van der Waals surface area contributed by atoms with Crippen molar-refractivity contribution in [2.75, 3.05) is 39.6 Å². The summed E-state index contributed by atoms with van der Waals surface area (Å²) < 4.78 is 61.1. The Kier molecular flexibility index (Phi) is 75.1. The van der Waals surface area contributed by atoms with Crippen molar-refractivity contribution in [3.05, 3.63) is 158 Å². The van der Waals surface area contributed by atoms with Crippen molar-refractivity contribution in [1.82, 2.24) is 0 Å². The number of hydrogen-bond acceptors (Lipinski definition) is 14. The lowest BCUT2D eigenvalue weighted by Gasteiger charge is -2.21. The molecule has 16 nitrogen and oxygen atoms in total. The largest absolute Gasteiger partial charge is 0.472 e. The maximum Gasteiger partial charge on any atom is 0.472 e. The molecule has 0 bridgehead atoms. The van der Waals surface area contributed by atoms with Crippen LogP contribution in [0.3, 0.4) is 0 Å². The molecule has 0 aromatic rings. The average molecular weight is 1510 g/mol. The van der Waals surface area contributed by atoms with Crippen LogP contribution in [-0.4, -0.2) is 95.9 Å². The maximum absolute atomic E-state index is 12.9. The van der Waals surface area contributed by atoms with Gasteiger partial charge in [0.05, 0.1) is 26.4 Å². The monoisotopic (exact) mass is 1510 g/mol. The van der Waals surface area contributed by atoms with E-state index in [-0.39, 0.29) is 19.3 Å². The summed E-state index contributed by atoms with van der Waals surface area (Å²) in [7, 11) is -9.80. The highest BCUT2D eigenvalue weighted by Crippen LogP contribution is 2.45. The Morgan fingerprint density at radius 1 is 0.276 bits per heavy atom. The van der Waals surface area contributed by atoms with Gasteiger partial charge in [-0.1, -0.05) is 314 Å². The lowest BCUT2D eigenvalue weighted by atomic mass is 10.0. The third-order valence-electron chi connectivity index (χ3n) is 16.7. The number of ether oxygens (including phenoxy) is 3. The number of rotatable bonds is 76. The number of phosphoric ester groups is 2. The lowest BCUT2D eigenvalue weighted by Crippen LogP contribution is -2.30. The van der Waals surface area contributed by atoms with Crippen LogP contribution in [-0.2, 0) is 55.8 Å². The molecule has 105 heavy (non-hydrogen) atoms. The molecule has 4 N–H and O–H groups in total. The van der Waals surface area contributed by atoms with Crippen molar-refractivity contribution in [2.45, 2.75) is 334 Å². The van der Waals surface area contributed by atoms with Crippen LogP contribution in [0.15, 0.2) is 158 Å². The Bertz CT molecular complexity index is 2540. The molecule has 0 saturated heterocycles. The molecule has 0 spiro atoms. The first-order chi connectivity index (χ1) is 51.2. The van der Waals surface area contributed by atoms with E-state index in [4.69, 9.17) is 32.3 Å². The standard InChI is InChI=1S/C87H146O16P2/c1-4-7-10-13-16-19-22-24-26-28-30-32-34-36-38-39-40-41-43-45-46-48-50-52-54-56-59-61-64-67-70-73-85(90)97-76-82(88)77-99-104(93,94)100-78-83(89)79-101-105(95,96)102-81-84(103-87(92)75-72-69-66-63-58-21-18-15-12-9-6-3)80-98-86(91)74-71-68-65-62-60-57-55-53-51-49-47-44-42-37-35-33-31-29-27-25-23-20-17-14-11-8-5-2/h7-8,10-11,15-20,24-27,30-33,36-38,40-42,47,49,82-84,88-89H,4-6,9,12-14,21-23,28-29,34-35,39,43-46,48,50-81H2,1-3H3,(H,93,94)(H,95,96)/b10-7-,11-8-,18-15-,19-16-,20-17-,26-24-,27-25-,32-30-,33-31-,38-36-,41-40-,42-37-,49-47-. The predicted molar refractivity (Wildman–Crippen MR) is 435 cm³/mol. The molecule has 0 fully saturated rings. The summed E-state index contributed by atoms with van der Waals surface area (Å²) in [4.78, 5) is 58.6. The second-order valence-corrected chi connectivity index (χ2v) is 29.7. The maximum atomic E-state index is 12.9. The summed E-state index contributed by atoms with van der Waals surface area (Å²) >= 11 is 0. The van der Waals surface area contributed by atoms with Gasteiger partial charge in [0.2, 0.25) is 0 Å². The first-order valence-electron chi connectivity index (χ1n) is 40.8. The third-order valence-corrected chi connectivity index (χ3v) is 18.6. The predicted octanol–water partition coefficient (Wildman–Crippen LogP) is 24.2. The van der Waals surface area contributed by atoms with Crippen molar-refractivity contribution in [1.29, 1.82) is 0 Å². The number of carbonyl (C=O) groups is 3. The van der Waals surface area contributed by atoms with Crippen molar-refractivity contribution in [2.24, 2.45) is 0 Å². The van der Waals surface area contributed by atoms with E-state index in [1.165, 1.54) is 77.0 Å². The fraction of sp³-hybridized carbons (Fsp3) is 0.667. The molecule has 0 aliphatic rings. The number of aliphatic hydroxyl groups is 2. The van der Waals surface area contributed by atoms with E-state index >= 15 is 0 Å². The van der Waals surface area contributed by atoms with Gasteiger partial charge in [-0.2, -0.15) is 0 Å². The van der Waals surface area contributed by atoms with Crippen LogP contribution in [0.1, 0.15) is 316 Å². The number of carbonyl (C=O) groups excluding carboxylic acids is 3. The van der Waals surface area contributed by atoms with Crippen LogP contribution in [0.25, 0.3) is 0 Å². The molecule has 0 aliphatic heterocycles. The SMILES string of the molecule is CC/C=C\C/C=C\C/C=C\C/C=C\C/C=C\C/C=C\CCCCCCCCCCCCCCC(=O)OCC(O)COP(=O)(O)OCC(O)COP(=O)(O)OCC(COC(=O)CCCCCCCCCC/C=C\C/C=C\C/C=C\C/C=C\C/C=C\C/C=C\CC)OC(=O)CCCCCCC/C=C\CCCC. The second kappa shape index (κ2) is 78.7. The van der Waals surface area contributed by atoms with Gasteiger partial charge in [-0.3, -0.25) is 32.5 Å². The molecule has 0 aliphatic carbocycles. The number of phosphoric acid groups is 2. The Hall–Kier alpha value is -4.83. The molecule has 0 radical (unpaired) electrons. The minimum absolute atomic E-state index is 0.0887. The molecule has 0 amide bonds. The van der Waals surface area contributed by atoms with Gasteiger partial charge >= 0.3 is 33.6 Å². The van der Waals surface area contributed by atoms with E-state index in [9.17, 15) is 43.5 Å². The number of aliphatic hydroxyl groups excluding tert-OH is 2. The molecule has 0 aromatic heterocycles. The van der Waals surface area contributed by atoms with Crippen LogP contribution >= 0.6 is 15.6 Å². The van der Waals surface area contributed by atoms with Gasteiger partial charge in [0.1, 0.15) is 25.4 Å². The molecule has 0 saturated carbocycles. The molecular weight excluding hydrogens is 1360 g/mol. The summed E-state index contributed by atoms with van der Waals surface area (Å²) in [5.41, 5.74) is 0. The lowest BCUT2D eigenvalue weighted by molar-refractivity contribution is -0.161. The molecule has 0 heterocycles. The number of unbranched alkanes of at least 4 members (excludes halogenated alkanes) is 27. The Morgan fingerprint density at radius 2 is 0.505 bits per heavy atom. The molecule has 0 rings (SSSR count). The van der Waals surface area contributed by atoms with Gasteiger partial charge in [0.15, 0.2) is 6.10 Å². The number of hydrogen-bond donors (Lipinski definition) is 4. The normalized spacial score (nSPS) is 14.8. The van der Waals surface area contributed by atoms with Crippen LogP contribution in [0.5, 0.6) is 0 Å². The van der Waals surface area contributed by atoms with Crippen molar-refractivity contribution in [3.8, 4) is 0 Å². The summed E-state index contributed by atoms with van der Waals surface area (Å²) in [5.74, 6) is -1.60. The Labute approximate surface area is 638 Å². The van der Waals surface area contributed by atoms with Crippen LogP contribution in [0.4, 0.5) is 0 Å².